The Hall–Kier alpha value is -0.570. The minimum Gasteiger partial charge on any atom is -0.464 e. The molecule has 0 atom stereocenters. The van der Waals surface area contributed by atoms with Gasteiger partial charge in [-0.1, -0.05) is 20.8 Å². The normalized spacial score (nSPS) is 12.7. The van der Waals surface area contributed by atoms with Gasteiger partial charge >= 0.3 is 5.97 Å². The van der Waals surface area contributed by atoms with Gasteiger partial charge in [0.15, 0.2) is 0 Å². The maximum atomic E-state index is 11.6. The molecule has 84 valence electrons. The van der Waals surface area contributed by atoms with Crippen molar-refractivity contribution in [2.24, 2.45) is 16.6 Å². The van der Waals surface area contributed by atoms with Gasteiger partial charge in [-0.3, -0.25) is 4.79 Å². The Morgan fingerprint density at radius 2 is 1.71 bits per heavy atom. The van der Waals surface area contributed by atoms with Crippen molar-refractivity contribution in [3.8, 4) is 0 Å². The van der Waals surface area contributed by atoms with Gasteiger partial charge in [0.05, 0.1) is 5.41 Å². The molecule has 0 saturated carbocycles. The molecular formula is C11H23NO2. The summed E-state index contributed by atoms with van der Waals surface area (Å²) in [5, 5.41) is 0. The third-order valence-electron chi connectivity index (χ3n) is 1.88. The van der Waals surface area contributed by atoms with Gasteiger partial charge < -0.3 is 10.5 Å². The van der Waals surface area contributed by atoms with Gasteiger partial charge in [0, 0.05) is 6.54 Å². The number of ether oxygens (including phenoxy) is 1. The summed E-state index contributed by atoms with van der Waals surface area (Å²) < 4.78 is 5.04. The second-order valence-electron chi connectivity index (χ2n) is 5.55. The lowest BCUT2D eigenvalue weighted by Gasteiger charge is -2.30. The van der Waals surface area contributed by atoms with Crippen molar-refractivity contribution in [1.29, 1.82) is 0 Å². The van der Waals surface area contributed by atoms with E-state index in [4.69, 9.17) is 10.5 Å². The first-order chi connectivity index (χ1) is 6.19. The molecule has 0 aliphatic carbocycles. The summed E-state index contributed by atoms with van der Waals surface area (Å²) in [6, 6.07) is 0. The number of nitrogens with two attached hydrogens (primary N) is 1. The van der Waals surface area contributed by atoms with E-state index in [1.165, 1.54) is 0 Å². The number of carbonyl (C=O) groups is 1. The van der Waals surface area contributed by atoms with E-state index in [0.717, 1.165) is 6.42 Å². The monoisotopic (exact) mass is 201 g/mol. The van der Waals surface area contributed by atoms with Crippen LogP contribution in [0, 0.1) is 10.8 Å². The van der Waals surface area contributed by atoms with Crippen molar-refractivity contribution < 1.29 is 9.53 Å². The Kier molecular flexibility index (Phi) is 4.59. The molecule has 3 heteroatoms. The van der Waals surface area contributed by atoms with E-state index in [0.29, 0.717) is 13.2 Å². The van der Waals surface area contributed by atoms with Crippen molar-refractivity contribution in [2.45, 2.75) is 41.0 Å². The molecule has 0 saturated heterocycles. The van der Waals surface area contributed by atoms with Crippen LogP contribution in [-0.4, -0.2) is 19.1 Å². The number of hydrogen-bond donors (Lipinski definition) is 1. The number of hydrogen-bond acceptors (Lipinski definition) is 3. The molecule has 0 amide bonds. The first-order valence-corrected chi connectivity index (χ1v) is 5.06. The largest absolute Gasteiger partial charge is 0.464 e. The molecule has 0 aromatic carbocycles. The summed E-state index contributed by atoms with van der Waals surface area (Å²) in [6.45, 7) is 10.9. The number of carbonyl (C=O) groups excluding carboxylic acids is 1. The maximum Gasteiger partial charge on any atom is 0.311 e. The first kappa shape index (κ1) is 13.4. The molecule has 3 nitrogen and oxygen atoms in total. The van der Waals surface area contributed by atoms with E-state index < -0.39 is 5.41 Å². The molecule has 0 heterocycles. The second-order valence-corrected chi connectivity index (χ2v) is 5.55. The fraction of sp³-hybridized carbons (Fsp3) is 0.909. The molecule has 0 aliphatic heterocycles. The van der Waals surface area contributed by atoms with Crippen LogP contribution in [0.25, 0.3) is 0 Å². The minimum absolute atomic E-state index is 0.130. The average molecular weight is 201 g/mol. The summed E-state index contributed by atoms with van der Waals surface area (Å²) in [6.07, 6.45) is 0.809. The van der Waals surface area contributed by atoms with Crippen LogP contribution in [0.2, 0.25) is 0 Å². The fourth-order valence-electron chi connectivity index (χ4n) is 1.74. The molecule has 0 fully saturated rings. The van der Waals surface area contributed by atoms with E-state index >= 15 is 0 Å². The van der Waals surface area contributed by atoms with E-state index in [2.05, 4.69) is 20.8 Å². The summed E-state index contributed by atoms with van der Waals surface area (Å²) in [5.74, 6) is -0.155. The zero-order valence-corrected chi connectivity index (χ0v) is 10.0. The Labute approximate surface area is 87.0 Å². The highest BCUT2D eigenvalue weighted by molar-refractivity contribution is 5.75. The third-order valence-corrected chi connectivity index (χ3v) is 1.88. The van der Waals surface area contributed by atoms with Crippen LogP contribution in [0.4, 0.5) is 0 Å². The first-order valence-electron chi connectivity index (χ1n) is 5.06. The molecule has 0 radical (unpaired) electrons. The second kappa shape index (κ2) is 4.78. The SMILES string of the molecule is CC(C)(C)CC(C)(C)C(=O)OCCN. The highest BCUT2D eigenvalue weighted by atomic mass is 16.5. The Morgan fingerprint density at radius 3 is 2.07 bits per heavy atom. The Bertz CT molecular complexity index is 192. The standard InChI is InChI=1S/C11H23NO2/c1-10(2,3)8-11(4,5)9(13)14-7-6-12/h6-8,12H2,1-5H3. The lowest BCUT2D eigenvalue weighted by atomic mass is 9.76. The Morgan fingerprint density at radius 1 is 1.21 bits per heavy atom. The van der Waals surface area contributed by atoms with Gasteiger partial charge in [-0.05, 0) is 25.7 Å². The van der Waals surface area contributed by atoms with Gasteiger partial charge in [0.2, 0.25) is 0 Å². The van der Waals surface area contributed by atoms with Crippen molar-refractivity contribution in [2.75, 3.05) is 13.2 Å². The minimum atomic E-state index is -0.423. The van der Waals surface area contributed by atoms with Crippen molar-refractivity contribution in [3.63, 3.8) is 0 Å². The Balaban J connectivity index is 4.23. The van der Waals surface area contributed by atoms with E-state index in [9.17, 15) is 4.79 Å². The summed E-state index contributed by atoms with van der Waals surface area (Å²) in [7, 11) is 0. The highest BCUT2D eigenvalue weighted by Crippen LogP contribution is 2.33. The average Bonchev–Trinajstić information content (AvgIpc) is 1.95. The van der Waals surface area contributed by atoms with Gasteiger partial charge in [-0.2, -0.15) is 0 Å². The van der Waals surface area contributed by atoms with E-state index in [1.54, 1.807) is 0 Å². The topological polar surface area (TPSA) is 52.3 Å². The van der Waals surface area contributed by atoms with E-state index in [1.807, 2.05) is 13.8 Å². The number of rotatable bonds is 4. The number of esters is 1. The van der Waals surface area contributed by atoms with E-state index in [-0.39, 0.29) is 11.4 Å². The maximum absolute atomic E-state index is 11.6. The molecule has 0 unspecified atom stereocenters. The zero-order chi connectivity index (χ0) is 11.4. The molecule has 0 rings (SSSR count). The molecule has 14 heavy (non-hydrogen) atoms. The predicted octanol–water partition coefficient (Wildman–Crippen LogP) is 1.95. The zero-order valence-electron chi connectivity index (χ0n) is 10.0. The van der Waals surface area contributed by atoms with Crippen LogP contribution in [0.15, 0.2) is 0 Å². The lowest BCUT2D eigenvalue weighted by molar-refractivity contribution is -0.155. The van der Waals surface area contributed by atoms with Gasteiger partial charge in [-0.15, -0.1) is 0 Å². The van der Waals surface area contributed by atoms with Crippen LogP contribution in [-0.2, 0) is 9.53 Å². The molecular weight excluding hydrogens is 178 g/mol. The molecule has 2 N–H and O–H groups in total. The van der Waals surface area contributed by atoms with Crippen molar-refractivity contribution >= 4 is 5.97 Å². The summed E-state index contributed by atoms with van der Waals surface area (Å²) >= 11 is 0. The fourth-order valence-corrected chi connectivity index (χ4v) is 1.74. The van der Waals surface area contributed by atoms with Crippen LogP contribution in [0.5, 0.6) is 0 Å². The molecule has 0 spiro atoms. The lowest BCUT2D eigenvalue weighted by Crippen LogP contribution is -2.32. The molecule has 0 bridgehead atoms. The van der Waals surface area contributed by atoms with Crippen LogP contribution in [0.3, 0.4) is 0 Å². The van der Waals surface area contributed by atoms with Crippen molar-refractivity contribution in [1.82, 2.24) is 0 Å². The molecule has 0 aromatic heterocycles. The van der Waals surface area contributed by atoms with Gasteiger partial charge in [-0.25, -0.2) is 0 Å². The summed E-state index contributed by atoms with van der Waals surface area (Å²) in [4.78, 5) is 11.6. The van der Waals surface area contributed by atoms with Gasteiger partial charge in [0.1, 0.15) is 6.61 Å². The smallest absolute Gasteiger partial charge is 0.311 e. The van der Waals surface area contributed by atoms with Crippen molar-refractivity contribution in [3.05, 3.63) is 0 Å². The summed E-state index contributed by atoms with van der Waals surface area (Å²) in [5.41, 5.74) is 4.98. The molecule has 0 aliphatic rings. The molecule has 0 aromatic rings. The predicted molar refractivity (Wildman–Crippen MR) is 57.9 cm³/mol. The quantitative estimate of drug-likeness (QED) is 0.707. The highest BCUT2D eigenvalue weighted by Gasteiger charge is 2.33. The van der Waals surface area contributed by atoms with Crippen LogP contribution in [0.1, 0.15) is 41.0 Å². The van der Waals surface area contributed by atoms with Crippen LogP contribution < -0.4 is 5.73 Å². The van der Waals surface area contributed by atoms with Gasteiger partial charge in [0.25, 0.3) is 0 Å². The van der Waals surface area contributed by atoms with Crippen LogP contribution >= 0.6 is 0 Å². The third kappa shape index (κ3) is 5.22.